The molecule has 0 bridgehead atoms. The van der Waals surface area contributed by atoms with Crippen molar-refractivity contribution in [2.24, 2.45) is 0 Å². The number of likely N-dealkylation sites (tertiary alicyclic amines) is 1. The lowest BCUT2D eigenvalue weighted by molar-refractivity contribution is -0.151. The molecule has 19 heavy (non-hydrogen) atoms. The molecule has 1 amide bonds. The van der Waals surface area contributed by atoms with Gasteiger partial charge in [-0.1, -0.05) is 29.8 Å². The van der Waals surface area contributed by atoms with E-state index in [0.717, 1.165) is 5.56 Å². The van der Waals surface area contributed by atoms with E-state index in [-0.39, 0.29) is 17.9 Å². The number of benzene rings is 1. The predicted octanol–water partition coefficient (Wildman–Crippen LogP) is 2.57. The molecule has 5 heteroatoms. The van der Waals surface area contributed by atoms with E-state index >= 15 is 0 Å². The number of nitrogens with zero attached hydrogens (tertiary/aromatic N) is 1. The molecule has 1 aliphatic rings. The van der Waals surface area contributed by atoms with Gasteiger partial charge in [-0.05, 0) is 24.5 Å². The first kappa shape index (κ1) is 13.9. The van der Waals surface area contributed by atoms with Crippen molar-refractivity contribution < 1.29 is 14.3 Å². The molecule has 2 unspecified atom stereocenters. The van der Waals surface area contributed by atoms with Gasteiger partial charge in [-0.3, -0.25) is 4.79 Å². The van der Waals surface area contributed by atoms with Crippen molar-refractivity contribution in [2.45, 2.75) is 31.8 Å². The van der Waals surface area contributed by atoms with E-state index in [1.54, 1.807) is 11.0 Å². The summed E-state index contributed by atoms with van der Waals surface area (Å²) < 4.78 is 4.76. The minimum Gasteiger partial charge on any atom is -0.467 e. The molecule has 1 saturated heterocycles. The fourth-order valence-electron chi connectivity index (χ4n) is 2.67. The Morgan fingerprint density at radius 3 is 2.58 bits per heavy atom. The Morgan fingerprint density at radius 1 is 1.32 bits per heavy atom. The Bertz CT molecular complexity index is 503. The summed E-state index contributed by atoms with van der Waals surface area (Å²) in [4.78, 5) is 25.2. The van der Waals surface area contributed by atoms with Crippen LogP contribution in [-0.2, 0) is 14.3 Å². The summed E-state index contributed by atoms with van der Waals surface area (Å²) >= 11 is 6.18. The normalized spacial score (nSPS) is 22.4. The van der Waals surface area contributed by atoms with Crippen molar-refractivity contribution in [1.82, 2.24) is 4.90 Å². The van der Waals surface area contributed by atoms with Gasteiger partial charge < -0.3 is 9.64 Å². The van der Waals surface area contributed by atoms with Crippen LogP contribution in [0.1, 0.15) is 31.4 Å². The number of methoxy groups -OCH3 is 1. The fraction of sp³-hybridized carbons (Fsp3) is 0.429. The number of rotatable bonds is 2. The lowest BCUT2D eigenvalue weighted by Gasteiger charge is -2.28. The van der Waals surface area contributed by atoms with Crippen LogP contribution in [0.25, 0.3) is 0 Å². The number of halogens is 1. The van der Waals surface area contributed by atoms with Gasteiger partial charge in [0.15, 0.2) is 0 Å². The Morgan fingerprint density at radius 2 is 2.00 bits per heavy atom. The van der Waals surface area contributed by atoms with E-state index in [9.17, 15) is 9.59 Å². The lowest BCUT2D eigenvalue weighted by Crippen LogP contribution is -2.41. The van der Waals surface area contributed by atoms with Crippen LogP contribution in [0.2, 0.25) is 5.02 Å². The van der Waals surface area contributed by atoms with Crippen LogP contribution < -0.4 is 0 Å². The maximum absolute atomic E-state index is 11.8. The first-order chi connectivity index (χ1) is 9.06. The maximum Gasteiger partial charge on any atom is 0.328 e. The highest BCUT2D eigenvalue weighted by molar-refractivity contribution is 6.31. The van der Waals surface area contributed by atoms with Gasteiger partial charge in [0.1, 0.15) is 6.04 Å². The molecular weight excluding hydrogens is 266 g/mol. The van der Waals surface area contributed by atoms with Crippen molar-refractivity contribution in [1.29, 1.82) is 0 Å². The Balaban J connectivity index is 2.34. The van der Waals surface area contributed by atoms with Crippen molar-refractivity contribution in [2.75, 3.05) is 7.11 Å². The third-order valence-corrected chi connectivity index (χ3v) is 3.83. The molecule has 0 radical (unpaired) electrons. The molecule has 1 fully saturated rings. The zero-order chi connectivity index (χ0) is 14.0. The monoisotopic (exact) mass is 281 g/mol. The van der Waals surface area contributed by atoms with E-state index < -0.39 is 6.04 Å². The smallest absolute Gasteiger partial charge is 0.328 e. The van der Waals surface area contributed by atoms with Crippen molar-refractivity contribution in [3.8, 4) is 0 Å². The first-order valence-corrected chi connectivity index (χ1v) is 6.55. The Labute approximate surface area is 117 Å². The number of esters is 1. The predicted molar refractivity (Wildman–Crippen MR) is 71.8 cm³/mol. The van der Waals surface area contributed by atoms with Crippen LogP contribution in [0.5, 0.6) is 0 Å². The molecule has 1 aromatic carbocycles. The second kappa shape index (κ2) is 5.61. The summed E-state index contributed by atoms with van der Waals surface area (Å²) in [5, 5.41) is 0.615. The van der Waals surface area contributed by atoms with Crippen LogP contribution in [0.3, 0.4) is 0 Å². The molecular formula is C14H16ClNO3. The van der Waals surface area contributed by atoms with Crippen LogP contribution in [0, 0.1) is 0 Å². The second-order valence-corrected chi connectivity index (χ2v) is 4.99. The van der Waals surface area contributed by atoms with Crippen LogP contribution in [-0.4, -0.2) is 29.9 Å². The summed E-state index contributed by atoms with van der Waals surface area (Å²) in [6.07, 6.45) is 1.31. The first-order valence-electron chi connectivity index (χ1n) is 6.17. The zero-order valence-electron chi connectivity index (χ0n) is 10.9. The molecule has 1 aliphatic heterocycles. The fourth-order valence-corrected chi connectivity index (χ4v) is 2.93. The SMILES string of the molecule is COC(=O)C1CCC(c2ccccc2Cl)N1C(C)=O. The molecule has 0 aliphatic carbocycles. The number of carbonyl (C=O) groups is 2. The summed E-state index contributed by atoms with van der Waals surface area (Å²) in [7, 11) is 1.34. The molecule has 102 valence electrons. The number of amides is 1. The third-order valence-electron chi connectivity index (χ3n) is 3.49. The zero-order valence-corrected chi connectivity index (χ0v) is 11.7. The number of ether oxygens (including phenoxy) is 1. The average Bonchev–Trinajstić information content (AvgIpc) is 2.83. The number of hydrogen-bond donors (Lipinski definition) is 0. The molecule has 0 spiro atoms. The van der Waals surface area contributed by atoms with E-state index in [2.05, 4.69) is 0 Å². The Kier molecular flexibility index (Phi) is 4.10. The third kappa shape index (κ3) is 2.59. The summed E-state index contributed by atoms with van der Waals surface area (Å²) in [5.74, 6) is -0.512. The summed E-state index contributed by atoms with van der Waals surface area (Å²) in [6.45, 7) is 1.46. The number of hydrogen-bond acceptors (Lipinski definition) is 3. The van der Waals surface area contributed by atoms with Crippen molar-refractivity contribution >= 4 is 23.5 Å². The average molecular weight is 282 g/mol. The molecule has 2 atom stereocenters. The highest BCUT2D eigenvalue weighted by Crippen LogP contribution is 2.39. The molecule has 1 heterocycles. The standard InChI is InChI=1S/C14H16ClNO3/c1-9(17)16-12(7-8-13(16)14(18)19-2)10-5-3-4-6-11(10)15/h3-6,12-13H,7-8H2,1-2H3. The van der Waals surface area contributed by atoms with Crippen molar-refractivity contribution in [3.63, 3.8) is 0 Å². The van der Waals surface area contributed by atoms with E-state index in [0.29, 0.717) is 17.9 Å². The van der Waals surface area contributed by atoms with Gasteiger partial charge in [0.2, 0.25) is 5.91 Å². The minimum absolute atomic E-state index is 0.141. The maximum atomic E-state index is 11.8. The van der Waals surface area contributed by atoms with Gasteiger partial charge >= 0.3 is 5.97 Å². The summed E-state index contributed by atoms with van der Waals surface area (Å²) in [6, 6.07) is 6.74. The number of carbonyl (C=O) groups excluding carboxylic acids is 2. The second-order valence-electron chi connectivity index (χ2n) is 4.58. The topological polar surface area (TPSA) is 46.6 Å². The summed E-state index contributed by atoms with van der Waals surface area (Å²) in [5.41, 5.74) is 0.880. The highest BCUT2D eigenvalue weighted by atomic mass is 35.5. The van der Waals surface area contributed by atoms with Gasteiger partial charge in [-0.2, -0.15) is 0 Å². The van der Waals surface area contributed by atoms with Gasteiger partial charge in [0.05, 0.1) is 13.2 Å². The minimum atomic E-state index is -0.510. The molecule has 0 N–H and O–H groups in total. The largest absolute Gasteiger partial charge is 0.467 e. The molecule has 0 saturated carbocycles. The van der Waals surface area contributed by atoms with Crippen LogP contribution in [0.15, 0.2) is 24.3 Å². The van der Waals surface area contributed by atoms with Crippen LogP contribution >= 0.6 is 11.6 Å². The molecule has 1 aromatic rings. The molecule has 0 aromatic heterocycles. The van der Waals surface area contributed by atoms with Gasteiger partial charge in [0.25, 0.3) is 0 Å². The van der Waals surface area contributed by atoms with E-state index in [1.807, 2.05) is 18.2 Å². The quantitative estimate of drug-likeness (QED) is 0.783. The van der Waals surface area contributed by atoms with Crippen LogP contribution in [0.4, 0.5) is 0 Å². The van der Waals surface area contributed by atoms with Gasteiger partial charge in [-0.25, -0.2) is 4.79 Å². The van der Waals surface area contributed by atoms with E-state index in [4.69, 9.17) is 16.3 Å². The highest BCUT2D eigenvalue weighted by Gasteiger charge is 2.41. The lowest BCUT2D eigenvalue weighted by atomic mass is 10.0. The molecule has 4 nitrogen and oxygen atoms in total. The molecule has 2 rings (SSSR count). The van der Waals surface area contributed by atoms with Gasteiger partial charge in [0, 0.05) is 11.9 Å². The van der Waals surface area contributed by atoms with E-state index in [1.165, 1.54) is 14.0 Å². The Hall–Kier alpha value is -1.55. The van der Waals surface area contributed by atoms with Gasteiger partial charge in [-0.15, -0.1) is 0 Å². The van der Waals surface area contributed by atoms with Crippen molar-refractivity contribution in [3.05, 3.63) is 34.9 Å².